The third-order valence-corrected chi connectivity index (χ3v) is 3.88. The van der Waals surface area contributed by atoms with Crippen molar-refractivity contribution in [3.63, 3.8) is 0 Å². The van der Waals surface area contributed by atoms with Crippen molar-refractivity contribution in [2.45, 2.75) is 32.4 Å². The van der Waals surface area contributed by atoms with Crippen LogP contribution in [0.4, 0.5) is 5.69 Å². The zero-order valence-corrected chi connectivity index (χ0v) is 12.0. The van der Waals surface area contributed by atoms with Crippen molar-refractivity contribution in [2.24, 2.45) is 5.92 Å². The maximum atomic E-state index is 11.9. The SMILES string of the molecule is O=C(Nc1cccc(CNCc2ccco2)c1)C1CCC1. The van der Waals surface area contributed by atoms with Gasteiger partial charge in [-0.3, -0.25) is 4.79 Å². The molecule has 0 aliphatic heterocycles. The van der Waals surface area contributed by atoms with Crippen molar-refractivity contribution >= 4 is 11.6 Å². The molecular weight excluding hydrogens is 264 g/mol. The van der Waals surface area contributed by atoms with Crippen LogP contribution in [0.2, 0.25) is 0 Å². The zero-order valence-electron chi connectivity index (χ0n) is 12.0. The molecule has 4 nitrogen and oxygen atoms in total. The molecule has 4 heteroatoms. The number of benzene rings is 1. The summed E-state index contributed by atoms with van der Waals surface area (Å²) in [5.74, 6) is 1.29. The van der Waals surface area contributed by atoms with Gasteiger partial charge in [0.05, 0.1) is 12.8 Å². The molecule has 0 bridgehead atoms. The molecule has 0 unspecified atom stereocenters. The van der Waals surface area contributed by atoms with E-state index in [1.165, 1.54) is 6.42 Å². The lowest BCUT2D eigenvalue weighted by atomic mass is 9.85. The lowest BCUT2D eigenvalue weighted by molar-refractivity contribution is -0.122. The van der Waals surface area contributed by atoms with Gasteiger partial charge in [-0.1, -0.05) is 18.6 Å². The zero-order chi connectivity index (χ0) is 14.5. The number of nitrogens with one attached hydrogen (secondary N) is 2. The second kappa shape index (κ2) is 6.59. The second-order valence-electron chi connectivity index (χ2n) is 5.50. The average Bonchev–Trinajstić information content (AvgIpc) is 2.90. The molecule has 1 aliphatic rings. The predicted octanol–water partition coefficient (Wildman–Crippen LogP) is 3.31. The molecule has 1 aromatic heterocycles. The van der Waals surface area contributed by atoms with Crippen molar-refractivity contribution < 1.29 is 9.21 Å². The van der Waals surface area contributed by atoms with E-state index in [4.69, 9.17) is 4.42 Å². The summed E-state index contributed by atoms with van der Waals surface area (Å²) >= 11 is 0. The van der Waals surface area contributed by atoms with E-state index in [1.54, 1.807) is 6.26 Å². The summed E-state index contributed by atoms with van der Waals surface area (Å²) in [7, 11) is 0. The molecular formula is C17H20N2O2. The monoisotopic (exact) mass is 284 g/mol. The Morgan fingerprint density at radius 3 is 2.81 bits per heavy atom. The Kier molecular flexibility index (Phi) is 4.36. The predicted molar refractivity (Wildman–Crippen MR) is 81.7 cm³/mol. The van der Waals surface area contributed by atoms with Crippen LogP contribution in [0.3, 0.4) is 0 Å². The van der Waals surface area contributed by atoms with Crippen LogP contribution in [0, 0.1) is 5.92 Å². The molecule has 1 saturated carbocycles. The number of carbonyl (C=O) groups is 1. The van der Waals surface area contributed by atoms with Crippen LogP contribution < -0.4 is 10.6 Å². The fourth-order valence-corrected chi connectivity index (χ4v) is 2.42. The quantitative estimate of drug-likeness (QED) is 0.855. The van der Waals surface area contributed by atoms with Crippen molar-refractivity contribution in [2.75, 3.05) is 5.32 Å². The minimum atomic E-state index is 0.155. The Labute approximate surface area is 124 Å². The first-order valence-corrected chi connectivity index (χ1v) is 7.44. The highest BCUT2D eigenvalue weighted by atomic mass is 16.3. The standard InChI is InChI=1S/C17H20N2O2/c20-17(14-5-2-6-14)19-15-7-1-4-13(10-15)11-18-12-16-8-3-9-21-16/h1,3-4,7-10,14,18H,2,5-6,11-12H2,(H,19,20). The molecule has 1 heterocycles. The molecule has 0 atom stereocenters. The van der Waals surface area contributed by atoms with Crippen LogP contribution in [-0.2, 0) is 17.9 Å². The highest BCUT2D eigenvalue weighted by Gasteiger charge is 2.25. The summed E-state index contributed by atoms with van der Waals surface area (Å²) in [6.07, 6.45) is 4.90. The van der Waals surface area contributed by atoms with Crippen molar-refractivity contribution in [1.82, 2.24) is 5.32 Å². The number of rotatable bonds is 6. The maximum Gasteiger partial charge on any atom is 0.227 e. The summed E-state index contributed by atoms with van der Waals surface area (Å²) in [4.78, 5) is 11.9. The molecule has 1 amide bonds. The van der Waals surface area contributed by atoms with Crippen LogP contribution in [-0.4, -0.2) is 5.91 Å². The van der Waals surface area contributed by atoms with Crippen molar-refractivity contribution in [1.29, 1.82) is 0 Å². The van der Waals surface area contributed by atoms with Gasteiger partial charge in [0.1, 0.15) is 5.76 Å². The first-order valence-electron chi connectivity index (χ1n) is 7.44. The topological polar surface area (TPSA) is 54.3 Å². The Balaban J connectivity index is 1.51. The third-order valence-electron chi connectivity index (χ3n) is 3.88. The lowest BCUT2D eigenvalue weighted by Gasteiger charge is -2.24. The third kappa shape index (κ3) is 3.73. The molecule has 1 fully saturated rings. The number of furan rings is 1. The first kappa shape index (κ1) is 13.9. The Bertz CT molecular complexity index is 589. The van der Waals surface area contributed by atoms with Crippen LogP contribution >= 0.6 is 0 Å². The van der Waals surface area contributed by atoms with Crippen LogP contribution in [0.15, 0.2) is 47.1 Å². The van der Waals surface area contributed by atoms with E-state index in [9.17, 15) is 4.79 Å². The Morgan fingerprint density at radius 2 is 2.10 bits per heavy atom. The number of anilines is 1. The average molecular weight is 284 g/mol. The number of hydrogen-bond donors (Lipinski definition) is 2. The summed E-state index contributed by atoms with van der Waals surface area (Å²) in [6.45, 7) is 1.44. The smallest absolute Gasteiger partial charge is 0.227 e. The Hall–Kier alpha value is -2.07. The molecule has 1 aromatic carbocycles. The van der Waals surface area contributed by atoms with Crippen molar-refractivity contribution in [3.8, 4) is 0 Å². The summed E-state index contributed by atoms with van der Waals surface area (Å²) < 4.78 is 5.27. The van der Waals surface area contributed by atoms with Gasteiger partial charge in [-0.05, 0) is 42.7 Å². The number of carbonyl (C=O) groups excluding carboxylic acids is 1. The fraction of sp³-hybridized carbons (Fsp3) is 0.353. The summed E-state index contributed by atoms with van der Waals surface area (Å²) in [6, 6.07) is 11.8. The Morgan fingerprint density at radius 1 is 1.19 bits per heavy atom. The van der Waals surface area contributed by atoms with Gasteiger partial charge < -0.3 is 15.1 Å². The van der Waals surface area contributed by atoms with Gasteiger partial charge in [0.15, 0.2) is 0 Å². The molecule has 1 aliphatic carbocycles. The van der Waals surface area contributed by atoms with E-state index in [1.807, 2.05) is 36.4 Å². The molecule has 2 aromatic rings. The molecule has 0 radical (unpaired) electrons. The molecule has 21 heavy (non-hydrogen) atoms. The molecule has 3 rings (SSSR count). The highest BCUT2D eigenvalue weighted by Crippen LogP contribution is 2.27. The van der Waals surface area contributed by atoms with Crippen molar-refractivity contribution in [3.05, 3.63) is 54.0 Å². The molecule has 0 spiro atoms. The van der Waals surface area contributed by atoms with E-state index in [-0.39, 0.29) is 11.8 Å². The van der Waals surface area contributed by atoms with Crippen LogP contribution in [0.5, 0.6) is 0 Å². The van der Waals surface area contributed by atoms with E-state index in [0.29, 0.717) is 6.54 Å². The van der Waals surface area contributed by atoms with Gasteiger partial charge in [0.25, 0.3) is 0 Å². The molecule has 110 valence electrons. The van der Waals surface area contributed by atoms with Gasteiger partial charge in [-0.25, -0.2) is 0 Å². The first-order chi connectivity index (χ1) is 10.3. The van der Waals surface area contributed by atoms with Gasteiger partial charge >= 0.3 is 0 Å². The van der Waals surface area contributed by atoms with Crippen LogP contribution in [0.25, 0.3) is 0 Å². The van der Waals surface area contributed by atoms with E-state index in [2.05, 4.69) is 10.6 Å². The van der Waals surface area contributed by atoms with E-state index in [0.717, 1.165) is 36.4 Å². The fourth-order valence-electron chi connectivity index (χ4n) is 2.42. The van der Waals surface area contributed by atoms with Crippen LogP contribution in [0.1, 0.15) is 30.6 Å². The van der Waals surface area contributed by atoms with E-state index < -0.39 is 0 Å². The molecule has 0 saturated heterocycles. The maximum absolute atomic E-state index is 11.9. The highest BCUT2D eigenvalue weighted by molar-refractivity contribution is 5.93. The van der Waals surface area contributed by atoms with Gasteiger partial charge in [-0.15, -0.1) is 0 Å². The minimum Gasteiger partial charge on any atom is -0.468 e. The number of amides is 1. The van der Waals surface area contributed by atoms with E-state index >= 15 is 0 Å². The molecule has 2 N–H and O–H groups in total. The summed E-state index contributed by atoms with van der Waals surface area (Å²) in [5.41, 5.74) is 2.03. The van der Waals surface area contributed by atoms with Gasteiger partial charge in [-0.2, -0.15) is 0 Å². The normalized spacial score (nSPS) is 14.7. The van der Waals surface area contributed by atoms with Gasteiger partial charge in [0, 0.05) is 18.2 Å². The van der Waals surface area contributed by atoms with Gasteiger partial charge in [0.2, 0.25) is 5.91 Å². The lowest BCUT2D eigenvalue weighted by Crippen LogP contribution is -2.28. The largest absolute Gasteiger partial charge is 0.468 e. The number of hydrogen-bond acceptors (Lipinski definition) is 3. The second-order valence-corrected chi connectivity index (χ2v) is 5.50. The summed E-state index contributed by atoms with van der Waals surface area (Å²) in [5, 5.41) is 6.33. The minimum absolute atomic E-state index is 0.155.